The number of nitriles is 2. The fourth-order valence-corrected chi connectivity index (χ4v) is 1.15. The molecule has 88 valence electrons. The van der Waals surface area contributed by atoms with Crippen LogP contribution in [-0.4, -0.2) is 0 Å². The molecular weight excluding hydrogens is 250 g/mol. The van der Waals surface area contributed by atoms with E-state index in [2.05, 4.69) is 0 Å². The van der Waals surface area contributed by atoms with Crippen molar-refractivity contribution in [2.75, 3.05) is 0 Å². The highest BCUT2D eigenvalue weighted by Crippen LogP contribution is 2.37. The normalized spacial score (nSPS) is 10.8. The SMILES string of the molecule is N#Cc1c(F)c(F)c(F)c(C#N)c1C(F)(F)F. The second-order valence-corrected chi connectivity index (χ2v) is 2.79. The third kappa shape index (κ3) is 1.89. The molecule has 0 heterocycles. The number of hydrogen-bond acceptors (Lipinski definition) is 2. The van der Waals surface area contributed by atoms with Gasteiger partial charge in [0.05, 0.1) is 5.56 Å². The zero-order chi connectivity index (χ0) is 13.4. The highest BCUT2D eigenvalue weighted by Gasteiger charge is 2.41. The number of rotatable bonds is 0. The molecule has 0 atom stereocenters. The lowest BCUT2D eigenvalue weighted by molar-refractivity contribution is -0.138. The Kier molecular flexibility index (Phi) is 3.01. The smallest absolute Gasteiger partial charge is 0.202 e. The van der Waals surface area contributed by atoms with Crippen LogP contribution in [0.5, 0.6) is 0 Å². The largest absolute Gasteiger partial charge is 0.419 e. The Hall–Kier alpha value is -2.22. The standard InChI is InChI=1S/C9F6N2/c10-6-3(1-16)5(9(13,14)15)4(2-17)7(11)8(6)12. The van der Waals surface area contributed by atoms with Gasteiger partial charge in [-0.15, -0.1) is 0 Å². The van der Waals surface area contributed by atoms with E-state index < -0.39 is 40.3 Å². The fourth-order valence-electron chi connectivity index (χ4n) is 1.15. The first-order valence-corrected chi connectivity index (χ1v) is 3.83. The molecule has 0 aromatic heterocycles. The summed E-state index contributed by atoms with van der Waals surface area (Å²) in [6, 6.07) is 1.52. The van der Waals surface area contributed by atoms with Gasteiger partial charge in [0.15, 0.2) is 17.5 Å². The van der Waals surface area contributed by atoms with Crippen molar-refractivity contribution in [3.05, 3.63) is 34.1 Å². The zero-order valence-electron chi connectivity index (χ0n) is 7.66. The molecule has 0 amide bonds. The molecule has 0 radical (unpaired) electrons. The second kappa shape index (κ2) is 3.98. The van der Waals surface area contributed by atoms with Gasteiger partial charge in [0.2, 0.25) is 0 Å². The van der Waals surface area contributed by atoms with Crippen molar-refractivity contribution in [2.24, 2.45) is 0 Å². The molecule has 0 aliphatic rings. The van der Waals surface area contributed by atoms with Gasteiger partial charge in [0.25, 0.3) is 0 Å². The molecule has 0 fully saturated rings. The van der Waals surface area contributed by atoms with E-state index in [1.807, 2.05) is 0 Å². The summed E-state index contributed by atoms with van der Waals surface area (Å²) >= 11 is 0. The lowest BCUT2D eigenvalue weighted by Crippen LogP contribution is -2.15. The Morgan fingerprint density at radius 3 is 1.35 bits per heavy atom. The van der Waals surface area contributed by atoms with Crippen LogP contribution >= 0.6 is 0 Å². The van der Waals surface area contributed by atoms with E-state index in [0.29, 0.717) is 0 Å². The van der Waals surface area contributed by atoms with E-state index >= 15 is 0 Å². The molecule has 0 saturated carbocycles. The fraction of sp³-hybridized carbons (Fsp3) is 0.111. The molecule has 0 saturated heterocycles. The van der Waals surface area contributed by atoms with Gasteiger partial charge in [-0.25, -0.2) is 13.2 Å². The minimum atomic E-state index is -5.34. The van der Waals surface area contributed by atoms with E-state index in [0.717, 1.165) is 12.1 Å². The summed E-state index contributed by atoms with van der Waals surface area (Å²) in [4.78, 5) is 0. The highest BCUT2D eigenvalue weighted by atomic mass is 19.4. The molecule has 2 nitrogen and oxygen atoms in total. The topological polar surface area (TPSA) is 47.6 Å². The van der Waals surface area contributed by atoms with Crippen molar-refractivity contribution in [3.63, 3.8) is 0 Å². The van der Waals surface area contributed by atoms with E-state index in [-0.39, 0.29) is 0 Å². The first-order valence-electron chi connectivity index (χ1n) is 3.83. The Morgan fingerprint density at radius 2 is 1.12 bits per heavy atom. The van der Waals surface area contributed by atoms with Gasteiger partial charge in [-0.1, -0.05) is 0 Å². The third-order valence-corrected chi connectivity index (χ3v) is 1.83. The van der Waals surface area contributed by atoms with Crippen LogP contribution in [0.4, 0.5) is 26.3 Å². The summed E-state index contributed by atoms with van der Waals surface area (Å²) in [5, 5.41) is 16.6. The molecule has 0 unspecified atom stereocenters. The summed E-state index contributed by atoms with van der Waals surface area (Å²) in [5.74, 6) is -6.82. The number of alkyl halides is 3. The van der Waals surface area contributed by atoms with E-state index in [4.69, 9.17) is 10.5 Å². The van der Waals surface area contributed by atoms with Crippen molar-refractivity contribution in [3.8, 4) is 12.1 Å². The number of benzene rings is 1. The molecule has 8 heteroatoms. The van der Waals surface area contributed by atoms with Crippen molar-refractivity contribution in [2.45, 2.75) is 6.18 Å². The average molecular weight is 250 g/mol. The number of halogens is 6. The molecule has 1 aromatic rings. The van der Waals surface area contributed by atoms with Crippen LogP contribution in [0.2, 0.25) is 0 Å². The minimum Gasteiger partial charge on any atom is -0.202 e. The molecule has 0 bridgehead atoms. The Labute approximate surface area is 90.3 Å². The van der Waals surface area contributed by atoms with Crippen LogP contribution in [0, 0.1) is 40.1 Å². The maximum Gasteiger partial charge on any atom is 0.419 e. The van der Waals surface area contributed by atoms with Gasteiger partial charge in [-0.05, 0) is 0 Å². The van der Waals surface area contributed by atoms with Gasteiger partial charge in [-0.2, -0.15) is 23.7 Å². The van der Waals surface area contributed by atoms with E-state index in [1.165, 1.54) is 0 Å². The lowest BCUT2D eigenvalue weighted by Gasteiger charge is -2.12. The van der Waals surface area contributed by atoms with Crippen molar-refractivity contribution in [1.82, 2.24) is 0 Å². The Balaban J connectivity index is 3.94. The molecule has 0 aliphatic heterocycles. The van der Waals surface area contributed by atoms with Crippen LogP contribution in [0.1, 0.15) is 16.7 Å². The summed E-state index contributed by atoms with van der Waals surface area (Å²) in [5.41, 5.74) is -5.60. The molecule has 17 heavy (non-hydrogen) atoms. The first-order chi connectivity index (χ1) is 7.75. The van der Waals surface area contributed by atoms with Crippen LogP contribution < -0.4 is 0 Å². The quantitative estimate of drug-likeness (QED) is 0.525. The monoisotopic (exact) mass is 250 g/mol. The molecule has 1 rings (SSSR count). The Bertz CT molecular complexity index is 520. The minimum absolute atomic E-state index is 0.760. The molecular formula is C9F6N2. The van der Waals surface area contributed by atoms with Crippen molar-refractivity contribution >= 4 is 0 Å². The van der Waals surface area contributed by atoms with Crippen molar-refractivity contribution in [1.29, 1.82) is 10.5 Å². The van der Waals surface area contributed by atoms with Crippen molar-refractivity contribution < 1.29 is 26.3 Å². The predicted octanol–water partition coefficient (Wildman–Crippen LogP) is 2.87. The maximum atomic E-state index is 12.9. The van der Waals surface area contributed by atoms with Gasteiger partial charge in [0.1, 0.15) is 23.3 Å². The van der Waals surface area contributed by atoms with Crippen LogP contribution in [0.25, 0.3) is 0 Å². The highest BCUT2D eigenvalue weighted by molar-refractivity contribution is 5.52. The predicted molar refractivity (Wildman–Crippen MR) is 40.7 cm³/mol. The van der Waals surface area contributed by atoms with E-state index in [1.54, 1.807) is 0 Å². The van der Waals surface area contributed by atoms with Gasteiger partial charge >= 0.3 is 6.18 Å². The maximum absolute atomic E-state index is 12.9. The van der Waals surface area contributed by atoms with Gasteiger partial charge in [-0.3, -0.25) is 0 Å². The van der Waals surface area contributed by atoms with Gasteiger partial charge < -0.3 is 0 Å². The number of hydrogen-bond donors (Lipinski definition) is 0. The first kappa shape index (κ1) is 12.8. The molecule has 0 aliphatic carbocycles. The Morgan fingerprint density at radius 1 is 0.765 bits per heavy atom. The average Bonchev–Trinajstić information content (AvgIpc) is 2.24. The lowest BCUT2D eigenvalue weighted by atomic mass is 10.00. The second-order valence-electron chi connectivity index (χ2n) is 2.79. The van der Waals surface area contributed by atoms with E-state index in [9.17, 15) is 26.3 Å². The summed E-state index contributed by atoms with van der Waals surface area (Å²) < 4.78 is 75.9. The molecule has 0 N–H and O–H groups in total. The molecule has 0 spiro atoms. The van der Waals surface area contributed by atoms with Crippen LogP contribution in [0.15, 0.2) is 0 Å². The number of nitrogens with zero attached hydrogens (tertiary/aromatic N) is 2. The molecule has 1 aromatic carbocycles. The van der Waals surface area contributed by atoms with Crippen LogP contribution in [0.3, 0.4) is 0 Å². The summed E-state index contributed by atoms with van der Waals surface area (Å²) in [7, 11) is 0. The zero-order valence-corrected chi connectivity index (χ0v) is 7.66. The summed E-state index contributed by atoms with van der Waals surface area (Å²) in [6.45, 7) is 0. The third-order valence-electron chi connectivity index (χ3n) is 1.83. The van der Waals surface area contributed by atoms with Crippen LogP contribution in [-0.2, 0) is 6.18 Å². The van der Waals surface area contributed by atoms with Gasteiger partial charge in [0, 0.05) is 0 Å². The summed E-state index contributed by atoms with van der Waals surface area (Å²) in [6.07, 6.45) is -5.34.